The molecule has 0 aromatic rings. The summed E-state index contributed by atoms with van der Waals surface area (Å²) in [4.78, 5) is 10.4. The van der Waals surface area contributed by atoms with Crippen molar-refractivity contribution in [2.45, 2.75) is 26.2 Å². The molecule has 0 aromatic carbocycles. The molecule has 11 heavy (non-hydrogen) atoms. The van der Waals surface area contributed by atoms with Crippen molar-refractivity contribution in [3.05, 3.63) is 23.8 Å². The quantitative estimate of drug-likeness (QED) is 0.436. The molecule has 0 spiro atoms. The highest BCUT2D eigenvalue weighted by molar-refractivity contribution is 5.73. The van der Waals surface area contributed by atoms with Gasteiger partial charge in [-0.3, -0.25) is 4.79 Å². The van der Waals surface area contributed by atoms with Gasteiger partial charge in [-0.2, -0.15) is 0 Å². The Balaban J connectivity index is 2.59. The zero-order valence-corrected chi connectivity index (χ0v) is 6.97. The first-order valence-corrected chi connectivity index (χ1v) is 4.03. The Bertz CT molecular complexity index is 201. The largest absolute Gasteiger partial charge is 0.298 e. The van der Waals surface area contributed by atoms with Crippen LogP contribution >= 0.6 is 0 Å². The minimum atomic E-state index is 0.542. The van der Waals surface area contributed by atoms with Gasteiger partial charge in [0.25, 0.3) is 0 Å². The molecular formula is C10H14O. The first-order valence-electron chi connectivity index (χ1n) is 4.03. The molecule has 1 unspecified atom stereocenters. The molecule has 0 radical (unpaired) electrons. The summed E-state index contributed by atoms with van der Waals surface area (Å²) in [6, 6.07) is 0. The molecule has 0 amide bonds. The molecule has 1 aliphatic carbocycles. The van der Waals surface area contributed by atoms with Crippen molar-refractivity contribution in [1.82, 2.24) is 0 Å². The van der Waals surface area contributed by atoms with Gasteiger partial charge in [-0.15, -0.1) is 0 Å². The van der Waals surface area contributed by atoms with Gasteiger partial charge in [-0.1, -0.05) is 18.2 Å². The molecule has 0 heterocycles. The highest BCUT2D eigenvalue weighted by atomic mass is 16.1. The van der Waals surface area contributed by atoms with Crippen LogP contribution in [-0.2, 0) is 4.79 Å². The monoisotopic (exact) mass is 150 g/mol. The van der Waals surface area contributed by atoms with Crippen LogP contribution in [0.4, 0.5) is 0 Å². The molecule has 0 fully saturated rings. The van der Waals surface area contributed by atoms with Crippen molar-refractivity contribution in [2.75, 3.05) is 0 Å². The van der Waals surface area contributed by atoms with E-state index in [1.807, 2.05) is 13.0 Å². The van der Waals surface area contributed by atoms with Gasteiger partial charge in [0.05, 0.1) is 0 Å². The van der Waals surface area contributed by atoms with E-state index in [1.54, 1.807) is 0 Å². The molecule has 1 heteroatoms. The topological polar surface area (TPSA) is 17.1 Å². The average Bonchev–Trinajstić information content (AvgIpc) is 2.05. The van der Waals surface area contributed by atoms with Crippen LogP contribution in [0.5, 0.6) is 0 Å². The van der Waals surface area contributed by atoms with Crippen molar-refractivity contribution in [3.8, 4) is 0 Å². The fourth-order valence-corrected chi connectivity index (χ4v) is 1.46. The molecule has 0 saturated heterocycles. The number of aldehydes is 1. The SMILES string of the molecule is C=C(C)C1CCC=C(C=O)C1. The lowest BCUT2D eigenvalue weighted by Crippen LogP contribution is -2.07. The van der Waals surface area contributed by atoms with Crippen molar-refractivity contribution < 1.29 is 4.79 Å². The lowest BCUT2D eigenvalue weighted by molar-refractivity contribution is -0.105. The first-order chi connectivity index (χ1) is 5.24. The Morgan fingerprint density at radius 1 is 1.82 bits per heavy atom. The Morgan fingerprint density at radius 3 is 3.09 bits per heavy atom. The fraction of sp³-hybridized carbons (Fsp3) is 0.500. The highest BCUT2D eigenvalue weighted by Gasteiger charge is 2.14. The second kappa shape index (κ2) is 3.51. The third-order valence-corrected chi connectivity index (χ3v) is 2.25. The number of carbonyl (C=O) groups excluding carboxylic acids is 1. The van der Waals surface area contributed by atoms with Gasteiger partial charge < -0.3 is 0 Å². The van der Waals surface area contributed by atoms with E-state index in [0.29, 0.717) is 5.92 Å². The molecule has 0 aromatic heterocycles. The molecule has 0 bridgehead atoms. The summed E-state index contributed by atoms with van der Waals surface area (Å²) in [6.07, 6.45) is 6.10. The van der Waals surface area contributed by atoms with E-state index >= 15 is 0 Å². The van der Waals surface area contributed by atoms with Gasteiger partial charge in [-0.25, -0.2) is 0 Å². The minimum Gasteiger partial charge on any atom is -0.298 e. The first kappa shape index (κ1) is 8.25. The normalized spacial score (nSPS) is 24.1. The van der Waals surface area contributed by atoms with E-state index < -0.39 is 0 Å². The van der Waals surface area contributed by atoms with Crippen LogP contribution in [0.15, 0.2) is 23.8 Å². The summed E-state index contributed by atoms with van der Waals surface area (Å²) in [7, 11) is 0. The van der Waals surface area contributed by atoms with Crippen molar-refractivity contribution in [2.24, 2.45) is 5.92 Å². The van der Waals surface area contributed by atoms with E-state index in [-0.39, 0.29) is 0 Å². The summed E-state index contributed by atoms with van der Waals surface area (Å²) in [5, 5.41) is 0. The van der Waals surface area contributed by atoms with Gasteiger partial charge in [0.15, 0.2) is 0 Å². The smallest absolute Gasteiger partial charge is 0.145 e. The van der Waals surface area contributed by atoms with E-state index in [4.69, 9.17) is 0 Å². The van der Waals surface area contributed by atoms with Gasteiger partial charge in [-0.05, 0) is 37.7 Å². The predicted molar refractivity (Wildman–Crippen MR) is 46.3 cm³/mol. The number of rotatable bonds is 2. The van der Waals surface area contributed by atoms with Crippen LogP contribution < -0.4 is 0 Å². The van der Waals surface area contributed by atoms with Crippen molar-refractivity contribution in [1.29, 1.82) is 0 Å². The molecule has 1 nitrogen and oxygen atoms in total. The Morgan fingerprint density at radius 2 is 2.55 bits per heavy atom. The third-order valence-electron chi connectivity index (χ3n) is 2.25. The molecule has 1 aliphatic rings. The van der Waals surface area contributed by atoms with E-state index in [0.717, 1.165) is 31.1 Å². The summed E-state index contributed by atoms with van der Waals surface area (Å²) in [6.45, 7) is 5.94. The van der Waals surface area contributed by atoms with E-state index in [9.17, 15) is 4.79 Å². The van der Waals surface area contributed by atoms with Crippen molar-refractivity contribution >= 4 is 6.29 Å². The van der Waals surface area contributed by atoms with E-state index in [2.05, 4.69) is 6.58 Å². The standard InChI is InChI=1S/C10H14O/c1-8(2)10-5-3-4-9(6-10)7-11/h4,7,10H,1,3,5-6H2,2H3. The minimum absolute atomic E-state index is 0.542. The van der Waals surface area contributed by atoms with Crippen LogP contribution in [0, 0.1) is 5.92 Å². The lowest BCUT2D eigenvalue weighted by atomic mass is 9.85. The van der Waals surface area contributed by atoms with Gasteiger partial charge >= 0.3 is 0 Å². The molecule has 1 atom stereocenters. The van der Waals surface area contributed by atoms with E-state index in [1.165, 1.54) is 5.57 Å². The number of allylic oxidation sites excluding steroid dienone is 3. The number of hydrogen-bond acceptors (Lipinski definition) is 1. The zero-order chi connectivity index (χ0) is 8.27. The molecule has 0 N–H and O–H groups in total. The average molecular weight is 150 g/mol. The third kappa shape index (κ3) is 2.04. The number of carbonyl (C=O) groups is 1. The Hall–Kier alpha value is -0.850. The van der Waals surface area contributed by atoms with Crippen LogP contribution in [0.3, 0.4) is 0 Å². The Kier molecular flexibility index (Phi) is 2.64. The molecule has 60 valence electrons. The summed E-state index contributed by atoms with van der Waals surface area (Å²) in [5.74, 6) is 0.542. The summed E-state index contributed by atoms with van der Waals surface area (Å²) in [5.41, 5.74) is 2.15. The molecule has 0 saturated carbocycles. The predicted octanol–water partition coefficient (Wildman–Crippen LogP) is 2.49. The van der Waals surface area contributed by atoms with Crippen LogP contribution in [0.25, 0.3) is 0 Å². The van der Waals surface area contributed by atoms with Gasteiger partial charge in [0.1, 0.15) is 6.29 Å². The molecular weight excluding hydrogens is 136 g/mol. The number of hydrogen-bond donors (Lipinski definition) is 0. The maximum atomic E-state index is 10.4. The second-order valence-electron chi connectivity index (χ2n) is 3.22. The second-order valence-corrected chi connectivity index (χ2v) is 3.22. The zero-order valence-electron chi connectivity index (χ0n) is 6.97. The lowest BCUT2D eigenvalue weighted by Gasteiger charge is -2.19. The van der Waals surface area contributed by atoms with Crippen LogP contribution in [-0.4, -0.2) is 6.29 Å². The summed E-state index contributed by atoms with van der Waals surface area (Å²) < 4.78 is 0. The van der Waals surface area contributed by atoms with Gasteiger partial charge in [0, 0.05) is 0 Å². The molecule has 0 aliphatic heterocycles. The maximum absolute atomic E-state index is 10.4. The summed E-state index contributed by atoms with van der Waals surface area (Å²) >= 11 is 0. The maximum Gasteiger partial charge on any atom is 0.145 e. The highest BCUT2D eigenvalue weighted by Crippen LogP contribution is 2.27. The van der Waals surface area contributed by atoms with Crippen LogP contribution in [0.1, 0.15) is 26.2 Å². The molecule has 1 rings (SSSR count). The van der Waals surface area contributed by atoms with Gasteiger partial charge in [0.2, 0.25) is 0 Å². The van der Waals surface area contributed by atoms with Crippen LogP contribution in [0.2, 0.25) is 0 Å². The Labute approximate surface area is 67.8 Å². The van der Waals surface area contributed by atoms with Crippen molar-refractivity contribution in [3.63, 3.8) is 0 Å². The fourth-order valence-electron chi connectivity index (χ4n) is 1.46.